The lowest BCUT2D eigenvalue weighted by atomic mass is 9.81. The van der Waals surface area contributed by atoms with E-state index in [9.17, 15) is 23.5 Å². The Kier molecular flexibility index (Phi) is 4.39. The van der Waals surface area contributed by atoms with E-state index in [1.807, 2.05) is 0 Å². The smallest absolute Gasteiger partial charge is 0.275 e. The van der Waals surface area contributed by atoms with E-state index in [0.717, 1.165) is 17.3 Å². The molecule has 1 aliphatic carbocycles. The van der Waals surface area contributed by atoms with Crippen LogP contribution in [0.5, 0.6) is 5.75 Å². The number of halogens is 2. The summed E-state index contributed by atoms with van der Waals surface area (Å²) in [6.45, 7) is 0.192. The molecular weight excluding hydrogens is 404 g/mol. The molecule has 1 atom stereocenters. The lowest BCUT2D eigenvalue weighted by molar-refractivity contribution is 0.0686. The molecular formula is C23H19F2N3O3. The molecule has 0 saturated heterocycles. The van der Waals surface area contributed by atoms with Gasteiger partial charge in [0.2, 0.25) is 5.43 Å². The first-order chi connectivity index (χ1) is 14.8. The normalized spacial score (nSPS) is 18.2. The Morgan fingerprint density at radius 2 is 1.58 bits per heavy atom. The summed E-state index contributed by atoms with van der Waals surface area (Å²) in [5, 5.41) is 14.5. The van der Waals surface area contributed by atoms with Crippen molar-refractivity contribution in [2.24, 2.45) is 0 Å². The largest absolute Gasteiger partial charge is 0.502 e. The fourth-order valence-corrected chi connectivity index (χ4v) is 4.80. The summed E-state index contributed by atoms with van der Waals surface area (Å²) in [7, 11) is 1.56. The highest BCUT2D eigenvalue weighted by atomic mass is 19.1. The van der Waals surface area contributed by atoms with Crippen molar-refractivity contribution in [3.05, 3.63) is 92.4 Å². The average Bonchev–Trinajstić information content (AvgIpc) is 2.89. The van der Waals surface area contributed by atoms with Crippen molar-refractivity contribution >= 4 is 5.91 Å². The van der Waals surface area contributed by atoms with E-state index in [0.29, 0.717) is 24.0 Å². The molecule has 1 amide bonds. The number of aromatic nitrogens is 2. The van der Waals surface area contributed by atoms with Gasteiger partial charge in [-0.15, -0.1) is 0 Å². The quantitative estimate of drug-likeness (QED) is 0.653. The van der Waals surface area contributed by atoms with E-state index in [1.165, 1.54) is 33.8 Å². The maximum atomic E-state index is 14.3. The number of benzene rings is 2. The molecule has 0 bridgehead atoms. The third kappa shape index (κ3) is 3.01. The Morgan fingerprint density at radius 1 is 1.00 bits per heavy atom. The van der Waals surface area contributed by atoms with Crippen LogP contribution in [0.25, 0.3) is 0 Å². The summed E-state index contributed by atoms with van der Waals surface area (Å²) in [4.78, 5) is 26.1. The summed E-state index contributed by atoms with van der Waals surface area (Å²) >= 11 is 0. The molecule has 8 heteroatoms. The van der Waals surface area contributed by atoms with E-state index in [-0.39, 0.29) is 12.2 Å². The van der Waals surface area contributed by atoms with Crippen molar-refractivity contribution in [2.75, 3.05) is 13.6 Å². The molecule has 3 aromatic rings. The number of aromatic hydroxyl groups is 1. The second-order valence-electron chi connectivity index (χ2n) is 8.07. The molecule has 6 nitrogen and oxygen atoms in total. The predicted molar refractivity (Wildman–Crippen MR) is 108 cm³/mol. The van der Waals surface area contributed by atoms with Crippen LogP contribution in [0.15, 0.2) is 47.4 Å². The molecule has 158 valence electrons. The Morgan fingerprint density at radius 3 is 2.16 bits per heavy atom. The summed E-state index contributed by atoms with van der Waals surface area (Å²) in [5.74, 6) is -2.59. The standard InChI is InChI=1S/C23H19F2N3O3/c1-27-11-18(28-21(23(27)31)22(30)19(29)10-26-28)20-16-8-14(24)6-4-12(16)2-3-13-5-7-15(25)9-17(13)20/h4-10,18,20,30H,2-3,11H2,1H3/t18-/m0/s1. The van der Waals surface area contributed by atoms with Crippen LogP contribution in [0.3, 0.4) is 0 Å². The second-order valence-corrected chi connectivity index (χ2v) is 8.07. The van der Waals surface area contributed by atoms with Crippen LogP contribution in [0.4, 0.5) is 8.78 Å². The number of hydrogen-bond acceptors (Lipinski definition) is 4. The number of aryl methyl sites for hydroxylation is 2. The van der Waals surface area contributed by atoms with E-state index in [1.54, 1.807) is 19.2 Å². The summed E-state index contributed by atoms with van der Waals surface area (Å²) < 4.78 is 30.0. The Bertz CT molecular complexity index is 1230. The number of carbonyl (C=O) groups excluding carboxylic acids is 1. The highest BCUT2D eigenvalue weighted by molar-refractivity contribution is 5.95. The number of amides is 1. The number of hydrogen-bond donors (Lipinski definition) is 1. The lowest BCUT2D eigenvalue weighted by Crippen LogP contribution is -2.45. The Balaban J connectivity index is 1.81. The SMILES string of the molecule is CN1C[C@@H](C2c3cc(F)ccc3CCc3ccc(F)cc32)n2ncc(=O)c(O)c2C1=O. The van der Waals surface area contributed by atoms with Crippen molar-refractivity contribution < 1.29 is 18.7 Å². The van der Waals surface area contributed by atoms with Crippen LogP contribution < -0.4 is 5.43 Å². The predicted octanol–water partition coefficient (Wildman–Crippen LogP) is 2.78. The van der Waals surface area contributed by atoms with Gasteiger partial charge in [0, 0.05) is 19.5 Å². The number of fused-ring (bicyclic) bond motifs is 3. The minimum Gasteiger partial charge on any atom is -0.502 e. The molecule has 5 rings (SSSR count). The number of carbonyl (C=O) groups is 1. The van der Waals surface area contributed by atoms with Gasteiger partial charge in [-0.3, -0.25) is 14.3 Å². The van der Waals surface area contributed by atoms with E-state index < -0.39 is 40.7 Å². The lowest BCUT2D eigenvalue weighted by Gasteiger charge is -2.38. The molecule has 1 aromatic heterocycles. The minimum atomic E-state index is -0.757. The molecule has 1 aliphatic heterocycles. The third-order valence-electron chi connectivity index (χ3n) is 6.24. The Hall–Kier alpha value is -3.55. The van der Waals surface area contributed by atoms with Crippen LogP contribution in [0.1, 0.15) is 44.7 Å². The fraction of sp³-hybridized carbons (Fsp3) is 0.261. The van der Waals surface area contributed by atoms with Crippen molar-refractivity contribution in [3.8, 4) is 5.75 Å². The zero-order valence-corrected chi connectivity index (χ0v) is 16.7. The highest BCUT2D eigenvalue weighted by Gasteiger charge is 2.40. The molecule has 0 unspecified atom stereocenters. The van der Waals surface area contributed by atoms with Crippen LogP contribution >= 0.6 is 0 Å². The number of rotatable bonds is 1. The van der Waals surface area contributed by atoms with Gasteiger partial charge >= 0.3 is 0 Å². The summed E-state index contributed by atoms with van der Waals surface area (Å²) in [5.41, 5.74) is 2.24. The third-order valence-corrected chi connectivity index (χ3v) is 6.24. The van der Waals surface area contributed by atoms with E-state index in [4.69, 9.17) is 0 Å². The van der Waals surface area contributed by atoms with Gasteiger partial charge in [-0.25, -0.2) is 8.78 Å². The van der Waals surface area contributed by atoms with Gasteiger partial charge in [-0.2, -0.15) is 5.10 Å². The molecule has 1 N–H and O–H groups in total. The van der Waals surface area contributed by atoms with Crippen molar-refractivity contribution in [2.45, 2.75) is 24.8 Å². The molecule has 0 radical (unpaired) electrons. The molecule has 0 spiro atoms. The van der Waals surface area contributed by atoms with Crippen molar-refractivity contribution in [1.29, 1.82) is 0 Å². The zero-order chi connectivity index (χ0) is 21.9. The van der Waals surface area contributed by atoms with Gasteiger partial charge < -0.3 is 10.0 Å². The first-order valence-corrected chi connectivity index (χ1v) is 9.98. The molecule has 31 heavy (non-hydrogen) atoms. The van der Waals surface area contributed by atoms with Crippen LogP contribution in [0, 0.1) is 11.6 Å². The fourth-order valence-electron chi connectivity index (χ4n) is 4.80. The maximum Gasteiger partial charge on any atom is 0.275 e. The zero-order valence-electron chi connectivity index (χ0n) is 16.7. The monoisotopic (exact) mass is 423 g/mol. The van der Waals surface area contributed by atoms with Crippen LogP contribution in [-0.4, -0.2) is 39.3 Å². The first-order valence-electron chi connectivity index (χ1n) is 9.98. The molecule has 0 fully saturated rings. The minimum absolute atomic E-state index is 0.192. The van der Waals surface area contributed by atoms with Gasteiger partial charge in [0.1, 0.15) is 11.6 Å². The molecule has 0 saturated carbocycles. The molecule has 2 aliphatic rings. The average molecular weight is 423 g/mol. The number of nitrogens with zero attached hydrogens (tertiary/aromatic N) is 3. The Labute approximate surface area is 176 Å². The van der Waals surface area contributed by atoms with Gasteiger partial charge in [-0.1, -0.05) is 12.1 Å². The van der Waals surface area contributed by atoms with Gasteiger partial charge in [0.25, 0.3) is 5.91 Å². The first kappa shape index (κ1) is 19.4. The highest BCUT2D eigenvalue weighted by Crippen LogP contribution is 2.44. The summed E-state index contributed by atoms with van der Waals surface area (Å²) in [6, 6.07) is 8.57. The molecule has 2 aromatic carbocycles. The molecule has 2 heterocycles. The van der Waals surface area contributed by atoms with Gasteiger partial charge in [0.15, 0.2) is 11.4 Å². The van der Waals surface area contributed by atoms with Crippen LogP contribution in [0.2, 0.25) is 0 Å². The van der Waals surface area contributed by atoms with E-state index in [2.05, 4.69) is 5.10 Å². The maximum absolute atomic E-state index is 14.3. The van der Waals surface area contributed by atoms with Crippen molar-refractivity contribution in [1.82, 2.24) is 14.7 Å². The van der Waals surface area contributed by atoms with E-state index >= 15 is 0 Å². The van der Waals surface area contributed by atoms with Gasteiger partial charge in [0.05, 0.1) is 12.2 Å². The topological polar surface area (TPSA) is 75.4 Å². The second kappa shape index (κ2) is 7.01. The van der Waals surface area contributed by atoms with Gasteiger partial charge in [-0.05, 0) is 59.4 Å². The van der Waals surface area contributed by atoms with Crippen molar-refractivity contribution in [3.63, 3.8) is 0 Å². The number of likely N-dealkylation sites (N-methyl/N-ethyl adjacent to an activating group) is 1. The van der Waals surface area contributed by atoms with Crippen LogP contribution in [-0.2, 0) is 12.8 Å². The summed E-state index contributed by atoms with van der Waals surface area (Å²) in [6.07, 6.45) is 2.27.